The van der Waals surface area contributed by atoms with E-state index in [9.17, 15) is 4.79 Å². The minimum Gasteiger partial charge on any atom is -0.389 e. The summed E-state index contributed by atoms with van der Waals surface area (Å²) >= 11 is 11.2. The van der Waals surface area contributed by atoms with E-state index in [1.165, 1.54) is 0 Å². The molecule has 1 heterocycles. The van der Waals surface area contributed by atoms with E-state index in [0.717, 1.165) is 5.69 Å². The third-order valence-electron chi connectivity index (χ3n) is 3.32. The van der Waals surface area contributed by atoms with E-state index < -0.39 is 6.04 Å². The zero-order valence-corrected chi connectivity index (χ0v) is 13.3. The molecule has 1 aromatic carbocycles. The fourth-order valence-electron chi connectivity index (χ4n) is 2.35. The van der Waals surface area contributed by atoms with Crippen LogP contribution in [0.3, 0.4) is 0 Å². The molecule has 1 fully saturated rings. The van der Waals surface area contributed by atoms with Crippen molar-refractivity contribution in [2.45, 2.75) is 13.0 Å². The van der Waals surface area contributed by atoms with Gasteiger partial charge in [0.2, 0.25) is 5.91 Å². The first-order valence-electron chi connectivity index (χ1n) is 6.76. The van der Waals surface area contributed by atoms with Crippen molar-refractivity contribution in [2.75, 3.05) is 31.2 Å². The van der Waals surface area contributed by atoms with Crippen LogP contribution in [0.2, 0.25) is 5.02 Å². The number of hydrogen-bond acceptors (Lipinski definition) is 4. The Hall–Kier alpha value is -1.37. The van der Waals surface area contributed by atoms with Gasteiger partial charge in [0.15, 0.2) is 0 Å². The molecule has 0 bridgehead atoms. The first-order valence-corrected chi connectivity index (χ1v) is 7.54. The minimum absolute atomic E-state index is 0.0777. The molecule has 21 heavy (non-hydrogen) atoms. The van der Waals surface area contributed by atoms with Crippen molar-refractivity contribution >= 4 is 40.4 Å². The molecule has 2 rings (SSSR count). The average molecular weight is 328 g/mol. The van der Waals surface area contributed by atoms with Crippen molar-refractivity contribution in [2.24, 2.45) is 5.73 Å². The lowest BCUT2D eigenvalue weighted by Crippen LogP contribution is -2.54. The number of nitrogens with zero attached hydrogens (tertiary/aromatic N) is 1. The lowest BCUT2D eigenvalue weighted by molar-refractivity contribution is -0.124. The smallest absolute Gasteiger partial charge is 0.245 e. The summed E-state index contributed by atoms with van der Waals surface area (Å²) in [5.41, 5.74) is 7.27. The van der Waals surface area contributed by atoms with E-state index in [1.54, 1.807) is 18.2 Å². The number of likely N-dealkylation sites (N-methyl/N-ethyl adjacent to an activating group) is 1. The molecule has 0 aromatic heterocycles. The molecule has 1 aliphatic rings. The third kappa shape index (κ3) is 3.64. The van der Waals surface area contributed by atoms with Gasteiger partial charge in [0, 0.05) is 29.4 Å². The Balaban J connectivity index is 2.39. The molecule has 1 aliphatic heterocycles. The Morgan fingerprint density at radius 1 is 1.62 bits per heavy atom. The number of halogens is 1. The quantitative estimate of drug-likeness (QED) is 0.816. The highest BCUT2D eigenvalue weighted by molar-refractivity contribution is 7.80. The van der Waals surface area contributed by atoms with Gasteiger partial charge in [0.1, 0.15) is 11.0 Å². The summed E-state index contributed by atoms with van der Waals surface area (Å²) in [6, 6.07) is 4.89. The van der Waals surface area contributed by atoms with Gasteiger partial charge in [-0.3, -0.25) is 4.79 Å². The predicted octanol–water partition coefficient (Wildman–Crippen LogP) is 1.32. The molecule has 7 heteroatoms. The number of ether oxygens (including phenoxy) is 1. The molecule has 1 aromatic rings. The van der Waals surface area contributed by atoms with Gasteiger partial charge in [-0.15, -0.1) is 0 Å². The molecule has 1 saturated heterocycles. The SMILES string of the molecule is CCNC(=O)C1COCCN1c1cc(Cl)ccc1C(N)=S. The van der Waals surface area contributed by atoms with Crippen LogP contribution in [0.5, 0.6) is 0 Å². The zero-order valence-electron chi connectivity index (χ0n) is 11.8. The molecule has 0 spiro atoms. The van der Waals surface area contributed by atoms with Gasteiger partial charge in [0.05, 0.1) is 13.2 Å². The predicted molar refractivity (Wildman–Crippen MR) is 88.0 cm³/mol. The van der Waals surface area contributed by atoms with Crippen molar-refractivity contribution in [3.63, 3.8) is 0 Å². The van der Waals surface area contributed by atoms with Gasteiger partial charge >= 0.3 is 0 Å². The van der Waals surface area contributed by atoms with Crippen LogP contribution in [-0.2, 0) is 9.53 Å². The maximum atomic E-state index is 12.2. The third-order valence-corrected chi connectivity index (χ3v) is 3.77. The van der Waals surface area contributed by atoms with Crippen LogP contribution in [0.4, 0.5) is 5.69 Å². The molecule has 1 atom stereocenters. The van der Waals surface area contributed by atoms with Crippen LogP contribution in [0, 0.1) is 0 Å². The van der Waals surface area contributed by atoms with Crippen LogP contribution in [0.15, 0.2) is 18.2 Å². The van der Waals surface area contributed by atoms with E-state index in [1.807, 2.05) is 11.8 Å². The van der Waals surface area contributed by atoms with E-state index in [2.05, 4.69) is 5.32 Å². The topological polar surface area (TPSA) is 67.6 Å². The lowest BCUT2D eigenvalue weighted by atomic mass is 10.1. The monoisotopic (exact) mass is 327 g/mol. The molecule has 1 amide bonds. The Morgan fingerprint density at radius 2 is 2.38 bits per heavy atom. The highest BCUT2D eigenvalue weighted by atomic mass is 35.5. The van der Waals surface area contributed by atoms with E-state index in [0.29, 0.717) is 36.9 Å². The minimum atomic E-state index is -0.412. The number of anilines is 1. The Morgan fingerprint density at radius 3 is 3.05 bits per heavy atom. The van der Waals surface area contributed by atoms with Gasteiger partial charge in [0.25, 0.3) is 0 Å². The summed E-state index contributed by atoms with van der Waals surface area (Å²) in [5, 5.41) is 3.40. The van der Waals surface area contributed by atoms with E-state index in [4.69, 9.17) is 34.3 Å². The van der Waals surface area contributed by atoms with Gasteiger partial charge in [-0.2, -0.15) is 0 Å². The molecule has 3 N–H and O–H groups in total. The number of carbonyl (C=O) groups is 1. The average Bonchev–Trinajstić information content (AvgIpc) is 2.47. The Labute approximate surface area is 134 Å². The summed E-state index contributed by atoms with van der Waals surface area (Å²) in [6.07, 6.45) is 0. The largest absolute Gasteiger partial charge is 0.389 e. The fraction of sp³-hybridized carbons (Fsp3) is 0.429. The fourth-order valence-corrected chi connectivity index (χ4v) is 2.69. The molecule has 0 radical (unpaired) electrons. The van der Waals surface area contributed by atoms with Crippen LogP contribution < -0.4 is 16.0 Å². The number of benzene rings is 1. The summed E-state index contributed by atoms with van der Waals surface area (Å²) in [6.45, 7) is 3.90. The van der Waals surface area contributed by atoms with Crippen molar-refractivity contribution < 1.29 is 9.53 Å². The molecule has 5 nitrogen and oxygen atoms in total. The van der Waals surface area contributed by atoms with Gasteiger partial charge in [-0.25, -0.2) is 0 Å². The number of nitrogens with two attached hydrogens (primary N) is 1. The Bertz CT molecular complexity index is 553. The molecule has 0 aliphatic carbocycles. The second kappa shape index (κ2) is 7.06. The van der Waals surface area contributed by atoms with Crippen LogP contribution in [-0.4, -0.2) is 43.2 Å². The number of hydrogen-bond donors (Lipinski definition) is 2. The molecular formula is C14H18ClN3O2S. The number of thiocarbonyl (C=S) groups is 1. The molecular weight excluding hydrogens is 310 g/mol. The summed E-state index contributed by atoms with van der Waals surface area (Å²) in [5.74, 6) is -0.0777. The standard InChI is InChI=1S/C14H18ClN3O2S/c1-2-17-14(19)12-8-20-6-5-18(12)11-7-9(15)3-4-10(11)13(16)21/h3-4,7,12H,2,5-6,8H2,1H3,(H2,16,21)(H,17,19). The first kappa shape index (κ1) is 16.0. The Kier molecular flexibility index (Phi) is 5.39. The maximum Gasteiger partial charge on any atom is 0.245 e. The summed E-state index contributed by atoms with van der Waals surface area (Å²) in [4.78, 5) is 14.5. The summed E-state index contributed by atoms with van der Waals surface area (Å²) < 4.78 is 5.43. The first-order chi connectivity index (χ1) is 10.0. The van der Waals surface area contributed by atoms with E-state index in [-0.39, 0.29) is 10.9 Å². The van der Waals surface area contributed by atoms with E-state index >= 15 is 0 Å². The highest BCUT2D eigenvalue weighted by Gasteiger charge is 2.31. The van der Waals surface area contributed by atoms with Crippen LogP contribution in [0.25, 0.3) is 0 Å². The summed E-state index contributed by atoms with van der Waals surface area (Å²) in [7, 11) is 0. The van der Waals surface area contributed by atoms with Crippen molar-refractivity contribution in [1.29, 1.82) is 0 Å². The van der Waals surface area contributed by atoms with Crippen molar-refractivity contribution in [3.05, 3.63) is 28.8 Å². The number of carbonyl (C=O) groups excluding carboxylic acids is 1. The molecule has 0 saturated carbocycles. The van der Waals surface area contributed by atoms with Gasteiger partial charge in [-0.1, -0.05) is 23.8 Å². The maximum absolute atomic E-state index is 12.2. The lowest BCUT2D eigenvalue weighted by Gasteiger charge is -2.37. The molecule has 114 valence electrons. The van der Waals surface area contributed by atoms with Gasteiger partial charge < -0.3 is 20.7 Å². The normalized spacial score (nSPS) is 18.4. The van der Waals surface area contributed by atoms with Gasteiger partial charge in [-0.05, 0) is 25.1 Å². The zero-order chi connectivity index (χ0) is 15.4. The number of nitrogens with one attached hydrogen (secondary N) is 1. The molecule has 1 unspecified atom stereocenters. The van der Waals surface area contributed by atoms with Crippen LogP contribution >= 0.6 is 23.8 Å². The number of amides is 1. The number of rotatable bonds is 4. The second-order valence-electron chi connectivity index (χ2n) is 4.70. The van der Waals surface area contributed by atoms with Crippen molar-refractivity contribution in [1.82, 2.24) is 5.32 Å². The van der Waals surface area contributed by atoms with Crippen molar-refractivity contribution in [3.8, 4) is 0 Å². The second-order valence-corrected chi connectivity index (χ2v) is 5.58. The number of morpholine rings is 1. The highest BCUT2D eigenvalue weighted by Crippen LogP contribution is 2.28. The van der Waals surface area contributed by atoms with Crippen LogP contribution in [0.1, 0.15) is 12.5 Å².